The number of fused-ring (bicyclic) bond motifs is 1. The Hall–Kier alpha value is -1.35. The van der Waals surface area contributed by atoms with Crippen molar-refractivity contribution in [2.75, 3.05) is 0 Å². The van der Waals surface area contributed by atoms with Crippen LogP contribution in [-0.4, -0.2) is 9.55 Å². The van der Waals surface area contributed by atoms with Crippen LogP contribution in [0.3, 0.4) is 0 Å². The number of benzene rings is 1. The molecule has 0 aliphatic carbocycles. The standard InChI is InChI=1S/C14H21N3/c1-9(2)7-12(15)11-5-6-14-13(8-11)16-10(3)17(14)4/h5-6,8-9,12H,7,15H2,1-4H3. The van der Waals surface area contributed by atoms with Gasteiger partial charge in [-0.3, -0.25) is 0 Å². The van der Waals surface area contributed by atoms with E-state index in [9.17, 15) is 0 Å². The summed E-state index contributed by atoms with van der Waals surface area (Å²) in [4.78, 5) is 4.54. The van der Waals surface area contributed by atoms with Crippen LogP contribution in [0.1, 0.15) is 37.7 Å². The summed E-state index contributed by atoms with van der Waals surface area (Å²) < 4.78 is 2.10. The third-order valence-electron chi connectivity index (χ3n) is 3.28. The van der Waals surface area contributed by atoms with Gasteiger partial charge < -0.3 is 10.3 Å². The predicted octanol–water partition coefficient (Wildman–Crippen LogP) is 2.93. The van der Waals surface area contributed by atoms with Crippen molar-refractivity contribution >= 4 is 11.0 Å². The molecule has 1 aromatic heterocycles. The van der Waals surface area contributed by atoms with Gasteiger partial charge in [-0.05, 0) is 37.0 Å². The summed E-state index contributed by atoms with van der Waals surface area (Å²) in [5.74, 6) is 1.65. The minimum Gasteiger partial charge on any atom is -0.331 e. The molecule has 0 saturated heterocycles. The van der Waals surface area contributed by atoms with Gasteiger partial charge in [0.15, 0.2) is 0 Å². The fourth-order valence-corrected chi connectivity index (χ4v) is 2.21. The lowest BCUT2D eigenvalue weighted by molar-refractivity contribution is 0.510. The molecule has 3 heteroatoms. The number of aryl methyl sites for hydroxylation is 2. The molecule has 1 atom stereocenters. The molecule has 0 aliphatic heterocycles. The first kappa shape index (κ1) is 12.1. The molecule has 17 heavy (non-hydrogen) atoms. The second-order valence-corrected chi connectivity index (χ2v) is 5.20. The Morgan fingerprint density at radius 1 is 1.35 bits per heavy atom. The maximum atomic E-state index is 6.20. The van der Waals surface area contributed by atoms with Gasteiger partial charge in [0, 0.05) is 13.1 Å². The van der Waals surface area contributed by atoms with E-state index in [1.54, 1.807) is 0 Å². The molecular formula is C14H21N3. The average molecular weight is 231 g/mol. The molecule has 0 fully saturated rings. The summed E-state index contributed by atoms with van der Waals surface area (Å²) in [5.41, 5.74) is 9.59. The van der Waals surface area contributed by atoms with Crippen LogP contribution in [0, 0.1) is 12.8 Å². The minimum atomic E-state index is 0.113. The van der Waals surface area contributed by atoms with Crippen LogP contribution in [0.5, 0.6) is 0 Å². The molecule has 3 nitrogen and oxygen atoms in total. The van der Waals surface area contributed by atoms with Crippen molar-refractivity contribution in [3.8, 4) is 0 Å². The lowest BCUT2D eigenvalue weighted by atomic mass is 9.97. The van der Waals surface area contributed by atoms with Gasteiger partial charge in [-0.25, -0.2) is 4.98 Å². The first-order valence-electron chi connectivity index (χ1n) is 6.17. The van der Waals surface area contributed by atoms with E-state index in [0.717, 1.165) is 17.8 Å². The number of rotatable bonds is 3. The highest BCUT2D eigenvalue weighted by atomic mass is 15.0. The number of nitrogens with two attached hydrogens (primary N) is 1. The number of hydrogen-bond acceptors (Lipinski definition) is 2. The molecule has 1 heterocycles. The summed E-state index contributed by atoms with van der Waals surface area (Å²) in [5, 5.41) is 0. The summed E-state index contributed by atoms with van der Waals surface area (Å²) in [7, 11) is 2.04. The van der Waals surface area contributed by atoms with Gasteiger partial charge >= 0.3 is 0 Å². The highest BCUT2D eigenvalue weighted by Gasteiger charge is 2.11. The Kier molecular flexibility index (Phi) is 3.20. The lowest BCUT2D eigenvalue weighted by Crippen LogP contribution is -2.12. The minimum absolute atomic E-state index is 0.113. The van der Waals surface area contributed by atoms with Gasteiger partial charge in [0.1, 0.15) is 5.82 Å². The van der Waals surface area contributed by atoms with Gasteiger partial charge in [0.05, 0.1) is 11.0 Å². The first-order chi connectivity index (χ1) is 7.99. The molecule has 1 unspecified atom stereocenters. The van der Waals surface area contributed by atoms with Crippen molar-refractivity contribution in [2.45, 2.75) is 33.2 Å². The van der Waals surface area contributed by atoms with Crippen molar-refractivity contribution in [1.82, 2.24) is 9.55 Å². The van der Waals surface area contributed by atoms with Gasteiger partial charge in [-0.1, -0.05) is 19.9 Å². The molecule has 0 amide bonds. The van der Waals surface area contributed by atoms with Crippen LogP contribution in [0.4, 0.5) is 0 Å². The smallest absolute Gasteiger partial charge is 0.106 e. The second kappa shape index (κ2) is 4.49. The van der Waals surface area contributed by atoms with Crippen molar-refractivity contribution in [3.05, 3.63) is 29.6 Å². The van der Waals surface area contributed by atoms with E-state index in [2.05, 4.69) is 41.6 Å². The second-order valence-electron chi connectivity index (χ2n) is 5.20. The molecule has 0 saturated carbocycles. The monoisotopic (exact) mass is 231 g/mol. The molecule has 1 aromatic carbocycles. The molecule has 2 aromatic rings. The summed E-state index contributed by atoms with van der Waals surface area (Å²) in [6.45, 7) is 6.42. The molecule has 92 valence electrons. The quantitative estimate of drug-likeness (QED) is 0.882. The van der Waals surface area contributed by atoms with Gasteiger partial charge in [0.2, 0.25) is 0 Å². The van der Waals surface area contributed by atoms with Crippen molar-refractivity contribution in [2.24, 2.45) is 18.7 Å². The third-order valence-corrected chi connectivity index (χ3v) is 3.28. The molecule has 0 radical (unpaired) electrons. The zero-order valence-corrected chi connectivity index (χ0v) is 11.1. The van der Waals surface area contributed by atoms with Crippen molar-refractivity contribution in [1.29, 1.82) is 0 Å². The van der Waals surface area contributed by atoms with Crippen LogP contribution in [0.25, 0.3) is 11.0 Å². The van der Waals surface area contributed by atoms with E-state index >= 15 is 0 Å². The maximum absolute atomic E-state index is 6.20. The molecule has 0 aliphatic rings. The van der Waals surface area contributed by atoms with E-state index in [1.165, 1.54) is 11.1 Å². The number of nitrogens with zero attached hydrogens (tertiary/aromatic N) is 2. The van der Waals surface area contributed by atoms with E-state index in [1.807, 2.05) is 14.0 Å². The van der Waals surface area contributed by atoms with Crippen molar-refractivity contribution in [3.63, 3.8) is 0 Å². The lowest BCUT2D eigenvalue weighted by Gasteiger charge is -2.14. The highest BCUT2D eigenvalue weighted by Crippen LogP contribution is 2.23. The Morgan fingerprint density at radius 2 is 2.06 bits per heavy atom. The average Bonchev–Trinajstić information content (AvgIpc) is 2.53. The number of aromatic nitrogens is 2. The van der Waals surface area contributed by atoms with E-state index < -0.39 is 0 Å². The molecule has 0 spiro atoms. The topological polar surface area (TPSA) is 43.8 Å². The van der Waals surface area contributed by atoms with E-state index in [-0.39, 0.29) is 6.04 Å². The Balaban J connectivity index is 2.38. The Morgan fingerprint density at radius 3 is 2.71 bits per heavy atom. The number of hydrogen-bond donors (Lipinski definition) is 1. The van der Waals surface area contributed by atoms with Gasteiger partial charge in [0.25, 0.3) is 0 Å². The molecular weight excluding hydrogens is 210 g/mol. The number of imidazole rings is 1. The van der Waals surface area contributed by atoms with Crippen LogP contribution in [0.15, 0.2) is 18.2 Å². The largest absolute Gasteiger partial charge is 0.331 e. The van der Waals surface area contributed by atoms with Crippen LogP contribution in [0.2, 0.25) is 0 Å². The molecule has 2 N–H and O–H groups in total. The van der Waals surface area contributed by atoms with Crippen LogP contribution < -0.4 is 5.73 Å². The first-order valence-corrected chi connectivity index (χ1v) is 6.17. The summed E-state index contributed by atoms with van der Waals surface area (Å²) in [6, 6.07) is 6.47. The van der Waals surface area contributed by atoms with E-state index in [4.69, 9.17) is 5.73 Å². The fourth-order valence-electron chi connectivity index (χ4n) is 2.21. The zero-order valence-electron chi connectivity index (χ0n) is 11.1. The van der Waals surface area contributed by atoms with Gasteiger partial charge in [-0.15, -0.1) is 0 Å². The van der Waals surface area contributed by atoms with E-state index in [0.29, 0.717) is 5.92 Å². The maximum Gasteiger partial charge on any atom is 0.106 e. The predicted molar refractivity (Wildman–Crippen MR) is 71.8 cm³/mol. The summed E-state index contributed by atoms with van der Waals surface area (Å²) >= 11 is 0. The highest BCUT2D eigenvalue weighted by molar-refractivity contribution is 5.76. The SMILES string of the molecule is Cc1nc2cc(C(N)CC(C)C)ccc2n1C. The van der Waals surface area contributed by atoms with Crippen molar-refractivity contribution < 1.29 is 0 Å². The third kappa shape index (κ3) is 2.34. The Labute approximate surface area is 103 Å². The normalized spacial score (nSPS) is 13.5. The molecule has 2 rings (SSSR count). The van der Waals surface area contributed by atoms with Crippen LogP contribution >= 0.6 is 0 Å². The molecule has 0 bridgehead atoms. The van der Waals surface area contributed by atoms with Gasteiger partial charge in [-0.2, -0.15) is 0 Å². The zero-order chi connectivity index (χ0) is 12.6. The summed E-state index contributed by atoms with van der Waals surface area (Å²) in [6.07, 6.45) is 1.01. The van der Waals surface area contributed by atoms with Crippen LogP contribution in [-0.2, 0) is 7.05 Å². The fraction of sp³-hybridized carbons (Fsp3) is 0.500. The Bertz CT molecular complexity index is 525.